The van der Waals surface area contributed by atoms with Crippen LogP contribution in [-0.2, 0) is 19.1 Å². The second-order valence-electron chi connectivity index (χ2n) is 3.83. The van der Waals surface area contributed by atoms with Crippen LogP contribution in [0, 0.1) is 11.3 Å². The molecule has 0 aliphatic heterocycles. The van der Waals surface area contributed by atoms with Crippen molar-refractivity contribution in [2.75, 3.05) is 18.6 Å². The lowest BCUT2D eigenvalue weighted by atomic mass is 9.85. The predicted octanol–water partition coefficient (Wildman–Crippen LogP) is 1.55. The molecular weight excluding hydrogens is 311 g/mol. The van der Waals surface area contributed by atoms with Gasteiger partial charge in [0.1, 0.15) is 0 Å². The highest BCUT2D eigenvalue weighted by atomic mass is 127. The fraction of sp³-hybridized carbons (Fsp3) is 0.800. The average molecular weight is 326 g/mol. The molecular formula is C10H15IO4. The number of rotatable bonds is 3. The Morgan fingerprint density at radius 3 is 2.20 bits per heavy atom. The summed E-state index contributed by atoms with van der Waals surface area (Å²) in [5.41, 5.74) is -1.04. The second kappa shape index (κ2) is 5.14. The van der Waals surface area contributed by atoms with Gasteiger partial charge in [0.2, 0.25) is 0 Å². The number of hydrogen-bond donors (Lipinski definition) is 0. The smallest absolute Gasteiger partial charge is 0.323 e. The molecule has 0 aromatic carbocycles. The van der Waals surface area contributed by atoms with E-state index in [9.17, 15) is 9.59 Å². The zero-order valence-corrected chi connectivity index (χ0v) is 11.1. The van der Waals surface area contributed by atoms with Gasteiger partial charge in [-0.25, -0.2) is 0 Å². The van der Waals surface area contributed by atoms with Gasteiger partial charge >= 0.3 is 11.9 Å². The zero-order valence-electron chi connectivity index (χ0n) is 8.92. The van der Waals surface area contributed by atoms with E-state index in [0.717, 1.165) is 10.8 Å². The van der Waals surface area contributed by atoms with E-state index in [1.165, 1.54) is 14.2 Å². The third-order valence-electron chi connectivity index (χ3n) is 2.99. The van der Waals surface area contributed by atoms with Crippen molar-refractivity contribution in [3.63, 3.8) is 0 Å². The maximum Gasteiger partial charge on any atom is 0.323 e. The third kappa shape index (κ3) is 2.26. The number of hydrogen-bond acceptors (Lipinski definition) is 4. The summed E-state index contributed by atoms with van der Waals surface area (Å²) < 4.78 is 10.4. The zero-order chi connectivity index (χ0) is 11.5. The SMILES string of the molecule is COC(=O)C1(C(=O)OC)CCC(CI)C1. The van der Waals surface area contributed by atoms with E-state index in [1.807, 2.05) is 0 Å². The van der Waals surface area contributed by atoms with Crippen LogP contribution in [-0.4, -0.2) is 30.6 Å². The molecule has 0 aromatic heterocycles. The van der Waals surface area contributed by atoms with Gasteiger partial charge in [0.15, 0.2) is 5.41 Å². The molecule has 0 spiro atoms. The normalized spacial score (nSPS) is 23.5. The molecule has 1 atom stereocenters. The van der Waals surface area contributed by atoms with Gasteiger partial charge in [-0.05, 0) is 25.2 Å². The van der Waals surface area contributed by atoms with Crippen molar-refractivity contribution in [3.8, 4) is 0 Å². The Kier molecular flexibility index (Phi) is 4.36. The molecule has 1 rings (SSSR count). The van der Waals surface area contributed by atoms with Gasteiger partial charge in [0, 0.05) is 4.43 Å². The first-order valence-corrected chi connectivity index (χ1v) is 6.36. The fourth-order valence-corrected chi connectivity index (χ4v) is 2.88. The van der Waals surface area contributed by atoms with E-state index in [0.29, 0.717) is 18.8 Å². The first-order valence-electron chi connectivity index (χ1n) is 4.83. The van der Waals surface area contributed by atoms with Gasteiger partial charge in [0.25, 0.3) is 0 Å². The highest BCUT2D eigenvalue weighted by Gasteiger charge is 2.53. The summed E-state index contributed by atoms with van der Waals surface area (Å²) in [6.07, 6.45) is 1.97. The lowest BCUT2D eigenvalue weighted by Crippen LogP contribution is -2.39. The largest absolute Gasteiger partial charge is 0.468 e. The average Bonchev–Trinajstić information content (AvgIpc) is 2.72. The molecule has 0 saturated heterocycles. The molecule has 86 valence electrons. The van der Waals surface area contributed by atoms with Crippen molar-refractivity contribution in [1.29, 1.82) is 0 Å². The molecule has 15 heavy (non-hydrogen) atoms. The summed E-state index contributed by atoms with van der Waals surface area (Å²) in [6, 6.07) is 0. The predicted molar refractivity (Wildman–Crippen MR) is 62.7 cm³/mol. The van der Waals surface area contributed by atoms with Gasteiger partial charge in [-0.2, -0.15) is 0 Å². The second-order valence-corrected chi connectivity index (χ2v) is 4.71. The van der Waals surface area contributed by atoms with Crippen molar-refractivity contribution >= 4 is 34.5 Å². The number of carbonyl (C=O) groups is 2. The lowest BCUT2D eigenvalue weighted by Gasteiger charge is -2.22. The van der Waals surface area contributed by atoms with Gasteiger partial charge in [-0.1, -0.05) is 22.6 Å². The van der Waals surface area contributed by atoms with Crippen molar-refractivity contribution < 1.29 is 19.1 Å². The van der Waals surface area contributed by atoms with Gasteiger partial charge in [-0.3, -0.25) is 9.59 Å². The van der Waals surface area contributed by atoms with E-state index >= 15 is 0 Å². The number of methoxy groups -OCH3 is 2. The lowest BCUT2D eigenvalue weighted by molar-refractivity contribution is -0.168. The van der Waals surface area contributed by atoms with Crippen molar-refractivity contribution in [3.05, 3.63) is 0 Å². The summed E-state index contributed by atoms with van der Waals surface area (Å²) in [5.74, 6) is -0.507. The number of esters is 2. The Bertz CT molecular complexity index is 248. The Hall–Kier alpha value is -0.330. The van der Waals surface area contributed by atoms with Crippen LogP contribution in [0.3, 0.4) is 0 Å². The van der Waals surface area contributed by atoms with Crippen LogP contribution >= 0.6 is 22.6 Å². The van der Waals surface area contributed by atoms with Crippen LogP contribution in [0.5, 0.6) is 0 Å². The number of halogens is 1. The van der Waals surface area contributed by atoms with Gasteiger partial charge < -0.3 is 9.47 Å². The molecule has 1 fully saturated rings. The van der Waals surface area contributed by atoms with Crippen LogP contribution < -0.4 is 0 Å². The highest BCUT2D eigenvalue weighted by molar-refractivity contribution is 14.1. The summed E-state index contributed by atoms with van der Waals surface area (Å²) in [6.45, 7) is 0. The molecule has 0 heterocycles. The van der Waals surface area contributed by atoms with Crippen molar-refractivity contribution in [1.82, 2.24) is 0 Å². The molecule has 0 bridgehead atoms. The maximum absolute atomic E-state index is 11.7. The molecule has 1 unspecified atom stereocenters. The molecule has 0 N–H and O–H groups in total. The quantitative estimate of drug-likeness (QED) is 0.342. The van der Waals surface area contributed by atoms with E-state index in [4.69, 9.17) is 9.47 Å². The first-order chi connectivity index (χ1) is 7.10. The monoisotopic (exact) mass is 326 g/mol. The van der Waals surface area contributed by atoms with Crippen molar-refractivity contribution in [2.24, 2.45) is 11.3 Å². The molecule has 0 amide bonds. The summed E-state index contributed by atoms with van der Waals surface area (Å²) in [4.78, 5) is 23.3. The van der Waals surface area contributed by atoms with E-state index in [1.54, 1.807) is 0 Å². The minimum absolute atomic E-state index is 0.406. The molecule has 4 nitrogen and oxygen atoms in total. The van der Waals surface area contributed by atoms with Crippen LogP contribution in [0.1, 0.15) is 19.3 Å². The van der Waals surface area contributed by atoms with Crippen molar-refractivity contribution in [2.45, 2.75) is 19.3 Å². The highest BCUT2D eigenvalue weighted by Crippen LogP contribution is 2.44. The molecule has 1 aliphatic rings. The van der Waals surface area contributed by atoms with E-state index < -0.39 is 17.4 Å². The van der Waals surface area contributed by atoms with Gasteiger partial charge in [-0.15, -0.1) is 0 Å². The van der Waals surface area contributed by atoms with Crippen LogP contribution in [0.4, 0.5) is 0 Å². The first kappa shape index (κ1) is 12.7. The summed E-state index contributed by atoms with van der Waals surface area (Å²) in [7, 11) is 2.62. The van der Waals surface area contributed by atoms with E-state index in [2.05, 4.69) is 22.6 Å². The molecule has 0 radical (unpaired) electrons. The maximum atomic E-state index is 11.7. The van der Waals surface area contributed by atoms with Crippen LogP contribution in [0.15, 0.2) is 0 Å². The third-order valence-corrected chi connectivity index (χ3v) is 4.23. The van der Waals surface area contributed by atoms with Crippen LogP contribution in [0.25, 0.3) is 0 Å². The summed E-state index contributed by atoms with van der Waals surface area (Å²) >= 11 is 2.27. The van der Waals surface area contributed by atoms with Gasteiger partial charge in [0.05, 0.1) is 14.2 Å². The Morgan fingerprint density at radius 1 is 1.33 bits per heavy atom. The number of ether oxygens (including phenoxy) is 2. The minimum Gasteiger partial charge on any atom is -0.468 e. The molecule has 5 heteroatoms. The Labute approximate surface area is 103 Å². The van der Waals surface area contributed by atoms with E-state index in [-0.39, 0.29) is 0 Å². The Morgan fingerprint density at radius 2 is 1.87 bits per heavy atom. The Balaban J connectivity index is 2.89. The number of alkyl halides is 1. The molecule has 0 aromatic rings. The topological polar surface area (TPSA) is 52.6 Å². The molecule has 1 aliphatic carbocycles. The van der Waals surface area contributed by atoms with Crippen LogP contribution in [0.2, 0.25) is 0 Å². The standard InChI is InChI=1S/C10H15IO4/c1-14-8(12)10(9(13)15-2)4-3-7(5-10)6-11/h7H,3-6H2,1-2H3. The molecule has 1 saturated carbocycles. The fourth-order valence-electron chi connectivity index (χ4n) is 2.12. The number of carbonyl (C=O) groups excluding carboxylic acids is 2. The minimum atomic E-state index is -1.04. The summed E-state index contributed by atoms with van der Waals surface area (Å²) in [5, 5.41) is 0.